The summed E-state index contributed by atoms with van der Waals surface area (Å²) in [5.41, 5.74) is 2.21. The van der Waals surface area contributed by atoms with E-state index in [2.05, 4.69) is 12.2 Å². The van der Waals surface area contributed by atoms with Crippen LogP contribution in [0.3, 0.4) is 0 Å². The van der Waals surface area contributed by atoms with Gasteiger partial charge >= 0.3 is 5.97 Å². The minimum absolute atomic E-state index is 0.230. The number of carbonyl (C=O) groups excluding carboxylic acids is 2. The highest BCUT2D eigenvalue weighted by Crippen LogP contribution is 2.41. The molecule has 0 aliphatic heterocycles. The van der Waals surface area contributed by atoms with Crippen LogP contribution in [-0.4, -0.2) is 18.5 Å². The minimum atomic E-state index is -0.366. The summed E-state index contributed by atoms with van der Waals surface area (Å²) < 4.78 is 10.9. The molecule has 28 heavy (non-hydrogen) atoms. The summed E-state index contributed by atoms with van der Waals surface area (Å²) in [5, 5.41) is 4.33. The number of hydrogen-bond acceptors (Lipinski definition) is 5. The summed E-state index contributed by atoms with van der Waals surface area (Å²) in [6, 6.07) is 9.20. The number of benzene rings is 1. The summed E-state index contributed by atoms with van der Waals surface area (Å²) in [5.74, 6) is 0.135. The van der Waals surface area contributed by atoms with Crippen molar-refractivity contribution in [2.45, 2.75) is 39.5 Å². The first-order chi connectivity index (χ1) is 13.6. The lowest BCUT2D eigenvalue weighted by Crippen LogP contribution is -2.17. The first-order valence-electron chi connectivity index (χ1n) is 9.72. The summed E-state index contributed by atoms with van der Waals surface area (Å²) in [6.07, 6.45) is 3.97. The Morgan fingerprint density at radius 3 is 2.86 bits per heavy atom. The third-order valence-electron chi connectivity index (χ3n) is 5.30. The van der Waals surface area contributed by atoms with Gasteiger partial charge in [-0.3, -0.25) is 4.79 Å². The van der Waals surface area contributed by atoms with E-state index in [4.69, 9.17) is 9.15 Å². The van der Waals surface area contributed by atoms with Gasteiger partial charge in [0.25, 0.3) is 5.91 Å². The van der Waals surface area contributed by atoms with Crippen molar-refractivity contribution in [1.82, 2.24) is 0 Å². The number of rotatable bonds is 5. The molecule has 0 spiro atoms. The Morgan fingerprint density at radius 2 is 2.11 bits per heavy atom. The molecule has 5 nitrogen and oxygen atoms in total. The highest BCUT2D eigenvalue weighted by Gasteiger charge is 2.30. The Labute approximate surface area is 167 Å². The number of amides is 1. The summed E-state index contributed by atoms with van der Waals surface area (Å²) in [7, 11) is 0. The molecule has 1 atom stereocenters. The van der Waals surface area contributed by atoms with E-state index in [-0.39, 0.29) is 17.6 Å². The lowest BCUT2D eigenvalue weighted by Gasteiger charge is -2.20. The van der Waals surface area contributed by atoms with E-state index in [1.165, 1.54) is 16.2 Å². The van der Waals surface area contributed by atoms with Crippen LogP contribution in [0.15, 0.2) is 34.7 Å². The fraction of sp³-hybridized carbons (Fsp3) is 0.364. The van der Waals surface area contributed by atoms with Crippen LogP contribution in [0.25, 0.3) is 11.0 Å². The smallest absolute Gasteiger partial charge is 0.341 e. The molecule has 0 saturated carbocycles. The van der Waals surface area contributed by atoms with Crippen molar-refractivity contribution >= 4 is 39.2 Å². The van der Waals surface area contributed by atoms with Crippen LogP contribution in [0.5, 0.6) is 0 Å². The first kappa shape index (κ1) is 18.7. The number of thiophene rings is 1. The van der Waals surface area contributed by atoms with Crippen LogP contribution in [0.4, 0.5) is 5.00 Å². The van der Waals surface area contributed by atoms with E-state index < -0.39 is 0 Å². The molecule has 1 aliphatic carbocycles. The van der Waals surface area contributed by atoms with Gasteiger partial charge in [0.15, 0.2) is 5.76 Å². The molecule has 4 rings (SSSR count). The van der Waals surface area contributed by atoms with Crippen molar-refractivity contribution in [2.75, 3.05) is 11.9 Å². The maximum absolute atomic E-state index is 12.8. The summed E-state index contributed by atoms with van der Waals surface area (Å²) in [4.78, 5) is 26.6. The normalized spacial score (nSPS) is 16.0. The molecule has 1 unspecified atom stereocenters. The first-order valence-corrected chi connectivity index (χ1v) is 10.5. The Kier molecular flexibility index (Phi) is 5.22. The van der Waals surface area contributed by atoms with Crippen molar-refractivity contribution < 1.29 is 18.7 Å². The number of carbonyl (C=O) groups is 2. The van der Waals surface area contributed by atoms with E-state index >= 15 is 0 Å². The number of furan rings is 1. The molecule has 0 radical (unpaired) electrons. The zero-order valence-electron chi connectivity index (χ0n) is 16.0. The number of hydrogen-bond donors (Lipinski definition) is 1. The van der Waals surface area contributed by atoms with Crippen LogP contribution in [0.1, 0.15) is 58.0 Å². The maximum Gasteiger partial charge on any atom is 0.341 e. The average Bonchev–Trinajstić information content (AvgIpc) is 3.28. The minimum Gasteiger partial charge on any atom is -0.462 e. The van der Waals surface area contributed by atoms with Gasteiger partial charge in [-0.2, -0.15) is 0 Å². The Bertz CT molecular complexity index is 1000. The van der Waals surface area contributed by atoms with Crippen LogP contribution in [0, 0.1) is 5.92 Å². The lowest BCUT2D eigenvalue weighted by molar-refractivity contribution is 0.0526. The van der Waals surface area contributed by atoms with Gasteiger partial charge in [0.2, 0.25) is 0 Å². The molecular formula is C22H23NO4S. The fourth-order valence-electron chi connectivity index (χ4n) is 3.77. The van der Waals surface area contributed by atoms with Crippen molar-refractivity contribution in [3.63, 3.8) is 0 Å². The number of nitrogens with one attached hydrogen (secondary N) is 1. The SMILES string of the molecule is CCOC(=O)c1c(NC(=O)c2cc3ccccc3o2)sc2c1CCC(CC)C2. The quantitative estimate of drug-likeness (QED) is 0.582. The lowest BCUT2D eigenvalue weighted by atomic mass is 9.85. The molecular weight excluding hydrogens is 374 g/mol. The van der Waals surface area contributed by atoms with E-state index in [1.54, 1.807) is 13.0 Å². The van der Waals surface area contributed by atoms with Crippen molar-refractivity contribution in [1.29, 1.82) is 0 Å². The molecule has 2 heterocycles. The number of esters is 1. The second-order valence-corrected chi connectivity index (χ2v) is 8.15. The summed E-state index contributed by atoms with van der Waals surface area (Å²) >= 11 is 1.49. The number of ether oxygens (including phenoxy) is 1. The van der Waals surface area contributed by atoms with E-state index in [1.807, 2.05) is 24.3 Å². The average molecular weight is 397 g/mol. The number of anilines is 1. The third-order valence-corrected chi connectivity index (χ3v) is 6.47. The molecule has 1 amide bonds. The highest BCUT2D eigenvalue weighted by molar-refractivity contribution is 7.17. The maximum atomic E-state index is 12.8. The molecule has 1 aliphatic rings. The van der Waals surface area contributed by atoms with Gasteiger partial charge in [-0.1, -0.05) is 31.5 Å². The topological polar surface area (TPSA) is 68.5 Å². The predicted molar refractivity (Wildman–Crippen MR) is 110 cm³/mol. The Balaban J connectivity index is 1.67. The fourth-order valence-corrected chi connectivity index (χ4v) is 5.11. The van der Waals surface area contributed by atoms with Crippen molar-refractivity contribution in [3.8, 4) is 0 Å². The second-order valence-electron chi connectivity index (χ2n) is 7.05. The van der Waals surface area contributed by atoms with Crippen molar-refractivity contribution in [2.24, 2.45) is 5.92 Å². The molecule has 3 aromatic rings. The Morgan fingerprint density at radius 1 is 1.29 bits per heavy atom. The van der Waals surface area contributed by atoms with E-state index in [0.29, 0.717) is 28.7 Å². The second kappa shape index (κ2) is 7.80. The van der Waals surface area contributed by atoms with Crippen LogP contribution >= 0.6 is 11.3 Å². The van der Waals surface area contributed by atoms with Gasteiger partial charge < -0.3 is 14.5 Å². The molecule has 146 valence electrons. The monoisotopic (exact) mass is 397 g/mol. The summed E-state index contributed by atoms with van der Waals surface area (Å²) in [6.45, 7) is 4.29. The number of fused-ring (bicyclic) bond motifs is 2. The van der Waals surface area contributed by atoms with Crippen LogP contribution in [-0.2, 0) is 17.6 Å². The van der Waals surface area contributed by atoms with E-state index in [0.717, 1.165) is 36.6 Å². The number of para-hydroxylation sites is 1. The molecule has 1 N–H and O–H groups in total. The molecule has 2 aromatic heterocycles. The van der Waals surface area contributed by atoms with E-state index in [9.17, 15) is 9.59 Å². The largest absolute Gasteiger partial charge is 0.462 e. The molecule has 0 saturated heterocycles. The highest BCUT2D eigenvalue weighted by atomic mass is 32.1. The molecule has 1 aromatic carbocycles. The third kappa shape index (κ3) is 3.44. The molecule has 0 bridgehead atoms. The van der Waals surface area contributed by atoms with Gasteiger partial charge in [0, 0.05) is 10.3 Å². The van der Waals surface area contributed by atoms with Gasteiger partial charge in [-0.15, -0.1) is 11.3 Å². The van der Waals surface area contributed by atoms with Crippen LogP contribution < -0.4 is 5.32 Å². The Hall–Kier alpha value is -2.60. The zero-order valence-corrected chi connectivity index (χ0v) is 16.9. The standard InChI is InChI=1S/C22H23NO4S/c1-3-13-9-10-15-18(11-13)28-21(19(15)22(25)26-4-2)23-20(24)17-12-14-7-5-6-8-16(14)27-17/h5-8,12-13H,3-4,9-11H2,1-2H3,(H,23,24). The van der Waals surface area contributed by atoms with Crippen LogP contribution in [0.2, 0.25) is 0 Å². The van der Waals surface area contributed by atoms with Gasteiger partial charge in [0.05, 0.1) is 12.2 Å². The van der Waals surface area contributed by atoms with Crippen molar-refractivity contribution in [3.05, 3.63) is 52.1 Å². The molecule has 0 fully saturated rings. The molecule has 6 heteroatoms. The van der Waals surface area contributed by atoms with Gasteiger partial charge in [-0.25, -0.2) is 4.79 Å². The zero-order chi connectivity index (χ0) is 19.7. The van der Waals surface area contributed by atoms with Gasteiger partial charge in [0.1, 0.15) is 10.6 Å². The van der Waals surface area contributed by atoms with Gasteiger partial charge in [-0.05, 0) is 49.8 Å². The predicted octanol–water partition coefficient (Wildman–Crippen LogP) is 5.44.